The van der Waals surface area contributed by atoms with Gasteiger partial charge >= 0.3 is 18.1 Å². The van der Waals surface area contributed by atoms with Crippen LogP contribution in [0, 0.1) is 18.3 Å². The maximum atomic E-state index is 14.1. The fourth-order valence-corrected chi connectivity index (χ4v) is 2.54. The third kappa shape index (κ3) is 2.05. The molecule has 2 heterocycles. The third-order valence-electron chi connectivity index (χ3n) is 3.82. The van der Waals surface area contributed by atoms with E-state index in [-0.39, 0.29) is 28.3 Å². The van der Waals surface area contributed by atoms with Crippen LogP contribution in [-0.2, 0) is 5.79 Å². The molecule has 1 unspecified atom stereocenters. The highest BCUT2D eigenvalue weighted by Gasteiger charge is 2.65. The Morgan fingerprint density at radius 1 is 1.33 bits per heavy atom. The van der Waals surface area contributed by atoms with Crippen molar-refractivity contribution in [2.75, 3.05) is 0 Å². The lowest BCUT2D eigenvalue weighted by Crippen LogP contribution is -2.55. The number of nitrogens with zero attached hydrogens (tertiary/aromatic N) is 2. The first-order valence-corrected chi connectivity index (χ1v) is 6.81. The van der Waals surface area contributed by atoms with Crippen molar-refractivity contribution in [3.8, 4) is 23.1 Å². The number of halogens is 4. The van der Waals surface area contributed by atoms with E-state index >= 15 is 0 Å². The summed E-state index contributed by atoms with van der Waals surface area (Å²) < 4.78 is 58.9. The Balaban J connectivity index is 2.37. The van der Waals surface area contributed by atoms with Gasteiger partial charge in [0.25, 0.3) is 0 Å². The number of ether oxygens (including phenoxy) is 1. The summed E-state index contributed by atoms with van der Waals surface area (Å²) in [5.74, 6) is -8.76. The van der Waals surface area contributed by atoms with Crippen LogP contribution in [0.25, 0.3) is 11.3 Å². The van der Waals surface area contributed by atoms with Crippen LogP contribution >= 0.6 is 0 Å². The highest BCUT2D eigenvalue weighted by molar-refractivity contribution is 5.74. The number of benzene rings is 1. The van der Waals surface area contributed by atoms with Gasteiger partial charge in [0.15, 0.2) is 0 Å². The number of aryl methyl sites for hydroxylation is 1. The molecule has 0 amide bonds. The van der Waals surface area contributed by atoms with Crippen LogP contribution < -0.4 is 4.74 Å². The first-order valence-electron chi connectivity index (χ1n) is 6.81. The smallest absolute Gasteiger partial charge is 0.375 e. The SMILES string of the molecule is Cc1nc2c(cc1C#N)C(O)(C(F)(F)C(F)F)Oc1ccccc1-2. The predicted molar refractivity (Wildman–Crippen MR) is 74.6 cm³/mol. The van der Waals surface area contributed by atoms with Gasteiger partial charge in [-0.1, -0.05) is 12.1 Å². The monoisotopic (exact) mass is 338 g/mol. The van der Waals surface area contributed by atoms with Gasteiger partial charge in [0, 0.05) is 5.56 Å². The van der Waals surface area contributed by atoms with Gasteiger partial charge in [0.2, 0.25) is 0 Å². The maximum absolute atomic E-state index is 14.1. The van der Waals surface area contributed by atoms with E-state index in [1.165, 1.54) is 25.1 Å². The minimum Gasteiger partial charge on any atom is -0.451 e. The molecule has 8 heteroatoms. The highest BCUT2D eigenvalue weighted by atomic mass is 19.3. The van der Waals surface area contributed by atoms with Crippen molar-refractivity contribution in [2.24, 2.45) is 0 Å². The van der Waals surface area contributed by atoms with Gasteiger partial charge in [-0.05, 0) is 25.1 Å². The second kappa shape index (κ2) is 5.18. The Morgan fingerprint density at radius 3 is 2.62 bits per heavy atom. The number of fused-ring (bicyclic) bond motifs is 3. The molecule has 1 aliphatic heterocycles. The summed E-state index contributed by atoms with van der Waals surface area (Å²) >= 11 is 0. The molecule has 124 valence electrons. The summed E-state index contributed by atoms with van der Waals surface area (Å²) in [6.45, 7) is 1.47. The maximum Gasteiger partial charge on any atom is 0.375 e. The van der Waals surface area contributed by atoms with Gasteiger partial charge in [-0.15, -0.1) is 0 Å². The predicted octanol–water partition coefficient (Wildman–Crippen LogP) is 3.37. The van der Waals surface area contributed by atoms with E-state index < -0.39 is 23.7 Å². The second-order valence-electron chi connectivity index (χ2n) is 5.30. The number of nitriles is 1. The molecule has 2 aromatic rings. The number of alkyl halides is 4. The minimum absolute atomic E-state index is 0.125. The molecule has 24 heavy (non-hydrogen) atoms. The van der Waals surface area contributed by atoms with Crippen LogP contribution in [0.15, 0.2) is 30.3 Å². The van der Waals surface area contributed by atoms with E-state index in [1.807, 2.05) is 0 Å². The van der Waals surface area contributed by atoms with E-state index in [4.69, 9.17) is 10.00 Å². The van der Waals surface area contributed by atoms with E-state index in [2.05, 4.69) is 4.98 Å². The summed E-state index contributed by atoms with van der Waals surface area (Å²) in [5.41, 5.74) is -0.449. The Hall–Kier alpha value is -2.66. The molecule has 0 bridgehead atoms. The average Bonchev–Trinajstić information content (AvgIpc) is 2.54. The lowest BCUT2D eigenvalue weighted by Gasteiger charge is -2.39. The molecule has 3 rings (SSSR count). The van der Waals surface area contributed by atoms with Crippen molar-refractivity contribution >= 4 is 0 Å². The quantitative estimate of drug-likeness (QED) is 0.853. The summed E-state index contributed by atoms with van der Waals surface area (Å²) in [4.78, 5) is 4.05. The molecule has 1 aliphatic rings. The number of para-hydroxylation sites is 1. The zero-order valence-corrected chi connectivity index (χ0v) is 12.2. The van der Waals surface area contributed by atoms with E-state index in [9.17, 15) is 22.7 Å². The molecule has 0 aliphatic carbocycles. The molecule has 4 nitrogen and oxygen atoms in total. The molecule has 0 fully saturated rings. The number of hydrogen-bond acceptors (Lipinski definition) is 4. The molecule has 1 aromatic heterocycles. The molecule has 1 N–H and O–H groups in total. The second-order valence-corrected chi connectivity index (χ2v) is 5.30. The number of pyridine rings is 1. The van der Waals surface area contributed by atoms with Crippen LogP contribution in [0.5, 0.6) is 5.75 Å². The molecule has 0 saturated heterocycles. The summed E-state index contributed by atoms with van der Waals surface area (Å²) in [6, 6.07) is 8.42. The van der Waals surface area contributed by atoms with Gasteiger partial charge in [-0.3, -0.25) is 4.98 Å². The van der Waals surface area contributed by atoms with Gasteiger partial charge in [0.05, 0.1) is 22.5 Å². The number of aromatic nitrogens is 1. The lowest BCUT2D eigenvalue weighted by molar-refractivity contribution is -0.326. The summed E-state index contributed by atoms with van der Waals surface area (Å²) in [5, 5.41) is 19.4. The topological polar surface area (TPSA) is 66.1 Å². The number of hydrogen-bond donors (Lipinski definition) is 1. The normalized spacial score (nSPS) is 19.2. The van der Waals surface area contributed by atoms with Gasteiger partial charge < -0.3 is 9.84 Å². The largest absolute Gasteiger partial charge is 0.451 e. The zero-order chi connectivity index (χ0) is 17.7. The zero-order valence-electron chi connectivity index (χ0n) is 12.2. The first kappa shape index (κ1) is 16.2. The number of rotatable bonds is 2. The molecule has 0 radical (unpaired) electrons. The van der Waals surface area contributed by atoms with Crippen LogP contribution in [0.3, 0.4) is 0 Å². The van der Waals surface area contributed by atoms with Crippen molar-refractivity contribution in [3.63, 3.8) is 0 Å². The van der Waals surface area contributed by atoms with Gasteiger partial charge in [-0.2, -0.15) is 14.0 Å². The van der Waals surface area contributed by atoms with E-state index in [0.29, 0.717) is 0 Å². The Morgan fingerprint density at radius 2 is 2.00 bits per heavy atom. The van der Waals surface area contributed by atoms with Crippen molar-refractivity contribution in [1.29, 1.82) is 5.26 Å². The Kier molecular flexibility index (Phi) is 3.49. The summed E-state index contributed by atoms with van der Waals surface area (Å²) in [7, 11) is 0. The van der Waals surface area contributed by atoms with E-state index in [1.54, 1.807) is 12.1 Å². The van der Waals surface area contributed by atoms with Gasteiger partial charge in [-0.25, -0.2) is 8.78 Å². The molecule has 0 spiro atoms. The first-order chi connectivity index (χ1) is 11.2. The van der Waals surface area contributed by atoms with Crippen molar-refractivity contribution < 1.29 is 27.4 Å². The standard InChI is InChI=1S/C16H10F4N2O2/c1-8-9(7-21)6-11-13(22-8)10-4-2-3-5-12(10)24-16(11,23)15(19,20)14(17)18/h2-6,14,23H,1H3. The molecule has 0 saturated carbocycles. The van der Waals surface area contributed by atoms with Gasteiger partial charge in [0.1, 0.15) is 11.8 Å². The van der Waals surface area contributed by atoms with Crippen LogP contribution in [0.1, 0.15) is 16.8 Å². The van der Waals surface area contributed by atoms with Crippen molar-refractivity contribution in [2.45, 2.75) is 25.1 Å². The fraction of sp³-hybridized carbons (Fsp3) is 0.250. The molecule has 1 atom stereocenters. The molecule has 1 aromatic carbocycles. The number of aliphatic hydroxyl groups is 1. The van der Waals surface area contributed by atoms with Crippen molar-refractivity contribution in [3.05, 3.63) is 47.2 Å². The van der Waals surface area contributed by atoms with Crippen LogP contribution in [0.2, 0.25) is 0 Å². The molecular formula is C16H10F4N2O2. The fourth-order valence-electron chi connectivity index (χ4n) is 2.54. The summed E-state index contributed by atoms with van der Waals surface area (Å²) in [6.07, 6.45) is -4.19. The Labute approximate surface area is 133 Å². The van der Waals surface area contributed by atoms with E-state index in [0.717, 1.165) is 6.07 Å². The Bertz CT molecular complexity index is 864. The average molecular weight is 338 g/mol. The highest BCUT2D eigenvalue weighted by Crippen LogP contribution is 2.51. The molecular weight excluding hydrogens is 328 g/mol. The lowest BCUT2D eigenvalue weighted by atomic mass is 9.89. The minimum atomic E-state index is -4.92. The van der Waals surface area contributed by atoms with Crippen LogP contribution in [-0.4, -0.2) is 22.4 Å². The van der Waals surface area contributed by atoms with Crippen molar-refractivity contribution in [1.82, 2.24) is 4.98 Å². The van der Waals surface area contributed by atoms with Crippen LogP contribution in [0.4, 0.5) is 17.6 Å². The third-order valence-corrected chi connectivity index (χ3v) is 3.82.